The van der Waals surface area contributed by atoms with E-state index in [1.807, 2.05) is 14.0 Å². The van der Waals surface area contributed by atoms with Crippen LogP contribution in [-0.4, -0.2) is 33.0 Å². The van der Waals surface area contributed by atoms with E-state index in [9.17, 15) is 8.42 Å². The van der Waals surface area contributed by atoms with Gasteiger partial charge in [0.25, 0.3) is 0 Å². The van der Waals surface area contributed by atoms with Crippen LogP contribution in [0, 0.1) is 5.92 Å². The first-order chi connectivity index (χ1) is 7.59. The lowest BCUT2D eigenvalue weighted by molar-refractivity contribution is 0.453. The van der Waals surface area contributed by atoms with Gasteiger partial charge in [0.2, 0.25) is 0 Å². The van der Waals surface area contributed by atoms with Crippen LogP contribution in [0.4, 0.5) is 0 Å². The van der Waals surface area contributed by atoms with Crippen LogP contribution >= 0.6 is 0 Å². The van der Waals surface area contributed by atoms with Crippen LogP contribution in [0.5, 0.6) is 0 Å². The lowest BCUT2D eigenvalue weighted by atomic mass is 10.1. The van der Waals surface area contributed by atoms with Gasteiger partial charge in [0.1, 0.15) is 9.84 Å². The van der Waals surface area contributed by atoms with Gasteiger partial charge in [-0.1, -0.05) is 13.3 Å². The molecular formula is C12H25NO2S. The summed E-state index contributed by atoms with van der Waals surface area (Å²) in [4.78, 5) is 0. The Morgan fingerprint density at radius 3 is 2.44 bits per heavy atom. The number of sulfone groups is 1. The minimum absolute atomic E-state index is 0.352. The van der Waals surface area contributed by atoms with E-state index in [-0.39, 0.29) is 0 Å². The van der Waals surface area contributed by atoms with Crippen molar-refractivity contribution in [2.45, 2.75) is 51.5 Å². The largest absolute Gasteiger partial charge is 0.317 e. The third kappa shape index (κ3) is 5.30. The third-order valence-corrected chi connectivity index (χ3v) is 5.24. The molecule has 16 heavy (non-hydrogen) atoms. The van der Waals surface area contributed by atoms with Gasteiger partial charge in [0.05, 0.1) is 5.75 Å². The van der Waals surface area contributed by atoms with Gasteiger partial charge in [-0.3, -0.25) is 0 Å². The van der Waals surface area contributed by atoms with Crippen LogP contribution in [0.15, 0.2) is 0 Å². The monoisotopic (exact) mass is 247 g/mol. The molecule has 1 unspecified atom stereocenters. The van der Waals surface area contributed by atoms with Gasteiger partial charge in [-0.25, -0.2) is 8.42 Å². The summed E-state index contributed by atoms with van der Waals surface area (Å²) in [6.45, 7) is 1.92. The van der Waals surface area contributed by atoms with Gasteiger partial charge in [0.15, 0.2) is 0 Å². The van der Waals surface area contributed by atoms with Crippen molar-refractivity contribution in [3.05, 3.63) is 0 Å². The van der Waals surface area contributed by atoms with E-state index < -0.39 is 9.84 Å². The molecule has 4 heteroatoms. The van der Waals surface area contributed by atoms with E-state index in [1.165, 1.54) is 12.8 Å². The predicted molar refractivity (Wildman–Crippen MR) is 68.4 cm³/mol. The quantitative estimate of drug-likeness (QED) is 0.634. The Kier molecular flexibility index (Phi) is 5.76. The molecule has 1 saturated carbocycles. The summed E-state index contributed by atoms with van der Waals surface area (Å²) in [5.74, 6) is 1.59. The van der Waals surface area contributed by atoms with Gasteiger partial charge in [-0.05, 0) is 45.1 Å². The standard InChI is InChI=1S/C12H25NO2S/c1-3-9-16(14,15)10-5-4-6-12(13-2)11-7-8-11/h11-13H,3-10H2,1-2H3. The second-order valence-corrected chi connectivity index (χ2v) is 7.18. The van der Waals surface area contributed by atoms with Crippen molar-refractivity contribution >= 4 is 9.84 Å². The van der Waals surface area contributed by atoms with Crippen molar-refractivity contribution in [1.82, 2.24) is 5.32 Å². The highest BCUT2D eigenvalue weighted by Gasteiger charge is 2.29. The molecule has 1 fully saturated rings. The molecule has 1 N–H and O–H groups in total. The van der Waals surface area contributed by atoms with Crippen LogP contribution in [0.2, 0.25) is 0 Å². The van der Waals surface area contributed by atoms with Gasteiger partial charge < -0.3 is 5.32 Å². The zero-order valence-corrected chi connectivity index (χ0v) is 11.4. The fraction of sp³-hybridized carbons (Fsp3) is 1.00. The summed E-state index contributed by atoms with van der Waals surface area (Å²) >= 11 is 0. The molecule has 1 aliphatic rings. The second-order valence-electron chi connectivity index (χ2n) is 4.88. The molecule has 0 aromatic rings. The zero-order chi connectivity index (χ0) is 12.0. The normalized spacial score (nSPS) is 18.6. The molecule has 0 spiro atoms. The maximum Gasteiger partial charge on any atom is 0.150 e. The van der Waals surface area contributed by atoms with E-state index in [0.717, 1.165) is 31.6 Å². The average molecular weight is 247 g/mol. The zero-order valence-electron chi connectivity index (χ0n) is 10.5. The smallest absolute Gasteiger partial charge is 0.150 e. The number of rotatable bonds is 9. The summed E-state index contributed by atoms with van der Waals surface area (Å²) in [5, 5.41) is 3.34. The average Bonchev–Trinajstić information content (AvgIpc) is 3.01. The van der Waals surface area contributed by atoms with Crippen LogP contribution in [-0.2, 0) is 9.84 Å². The van der Waals surface area contributed by atoms with E-state index >= 15 is 0 Å². The Hall–Kier alpha value is -0.0900. The molecular weight excluding hydrogens is 222 g/mol. The van der Waals surface area contributed by atoms with Crippen molar-refractivity contribution < 1.29 is 8.42 Å². The molecule has 0 aromatic heterocycles. The summed E-state index contributed by atoms with van der Waals surface area (Å²) in [6.07, 6.45) is 6.42. The van der Waals surface area contributed by atoms with Crippen molar-refractivity contribution in [2.75, 3.05) is 18.6 Å². The minimum atomic E-state index is -2.76. The maximum atomic E-state index is 11.5. The van der Waals surface area contributed by atoms with Crippen LogP contribution in [0.25, 0.3) is 0 Å². The molecule has 0 amide bonds. The van der Waals surface area contributed by atoms with Gasteiger partial charge in [-0.2, -0.15) is 0 Å². The maximum absolute atomic E-state index is 11.5. The predicted octanol–water partition coefficient (Wildman–Crippen LogP) is 1.98. The molecule has 0 aliphatic heterocycles. The summed E-state index contributed by atoms with van der Waals surface area (Å²) in [7, 11) is -0.751. The van der Waals surface area contributed by atoms with Gasteiger partial charge >= 0.3 is 0 Å². The molecule has 0 radical (unpaired) electrons. The molecule has 1 aliphatic carbocycles. The second kappa shape index (κ2) is 6.60. The van der Waals surface area contributed by atoms with Crippen molar-refractivity contribution in [2.24, 2.45) is 5.92 Å². The highest BCUT2D eigenvalue weighted by molar-refractivity contribution is 7.91. The topological polar surface area (TPSA) is 46.2 Å². The molecule has 96 valence electrons. The number of hydrogen-bond acceptors (Lipinski definition) is 3. The molecule has 0 heterocycles. The highest BCUT2D eigenvalue weighted by Crippen LogP contribution is 2.34. The number of nitrogens with one attached hydrogen (secondary N) is 1. The Labute approximate surface area is 99.9 Å². The first-order valence-corrected chi connectivity index (χ1v) is 8.29. The molecule has 0 aromatic carbocycles. The molecule has 3 nitrogen and oxygen atoms in total. The number of unbranched alkanes of at least 4 members (excludes halogenated alkanes) is 1. The first-order valence-electron chi connectivity index (χ1n) is 6.46. The van der Waals surface area contributed by atoms with Gasteiger partial charge in [0, 0.05) is 11.8 Å². The summed E-state index contributed by atoms with van der Waals surface area (Å²) in [6, 6.07) is 0.619. The summed E-state index contributed by atoms with van der Waals surface area (Å²) in [5.41, 5.74) is 0. The fourth-order valence-electron chi connectivity index (χ4n) is 2.21. The van der Waals surface area contributed by atoms with Crippen LogP contribution < -0.4 is 5.32 Å². The van der Waals surface area contributed by atoms with Crippen molar-refractivity contribution in [1.29, 1.82) is 0 Å². The van der Waals surface area contributed by atoms with E-state index in [4.69, 9.17) is 0 Å². The third-order valence-electron chi connectivity index (χ3n) is 3.30. The van der Waals surface area contributed by atoms with E-state index in [2.05, 4.69) is 5.32 Å². The minimum Gasteiger partial charge on any atom is -0.317 e. The first kappa shape index (κ1) is 14.0. The Balaban J connectivity index is 2.10. The number of hydrogen-bond donors (Lipinski definition) is 1. The Morgan fingerprint density at radius 1 is 1.25 bits per heavy atom. The highest BCUT2D eigenvalue weighted by atomic mass is 32.2. The van der Waals surface area contributed by atoms with E-state index in [1.54, 1.807) is 0 Å². The molecule has 0 bridgehead atoms. The SMILES string of the molecule is CCCS(=O)(=O)CCCCC(NC)C1CC1. The molecule has 0 saturated heterocycles. The molecule has 1 rings (SSSR count). The van der Waals surface area contributed by atoms with Crippen LogP contribution in [0.3, 0.4) is 0 Å². The Bertz CT molecular complexity index is 283. The van der Waals surface area contributed by atoms with Crippen LogP contribution in [0.1, 0.15) is 45.4 Å². The lowest BCUT2D eigenvalue weighted by Crippen LogP contribution is -2.27. The Morgan fingerprint density at radius 2 is 1.94 bits per heavy atom. The van der Waals surface area contributed by atoms with Crippen molar-refractivity contribution in [3.8, 4) is 0 Å². The van der Waals surface area contributed by atoms with E-state index in [0.29, 0.717) is 17.5 Å². The van der Waals surface area contributed by atoms with Crippen molar-refractivity contribution in [3.63, 3.8) is 0 Å². The summed E-state index contributed by atoms with van der Waals surface area (Å²) < 4.78 is 23.0. The van der Waals surface area contributed by atoms with Gasteiger partial charge in [-0.15, -0.1) is 0 Å². The fourth-order valence-corrected chi connectivity index (χ4v) is 3.68. The lowest BCUT2D eigenvalue weighted by Gasteiger charge is -2.14. The molecule has 1 atom stereocenters.